The van der Waals surface area contributed by atoms with Gasteiger partial charge in [0.2, 0.25) is 23.5 Å². The summed E-state index contributed by atoms with van der Waals surface area (Å²) in [7, 11) is 0. The molecule has 5 atom stereocenters. The molecule has 13 heteroatoms. The number of carbonyl (C=O) groups excluding carboxylic acids is 6. The third-order valence-corrected chi connectivity index (χ3v) is 10.0. The van der Waals surface area contributed by atoms with E-state index >= 15 is 0 Å². The number of piperazine rings is 1. The number of rotatable bonds is 13. The van der Waals surface area contributed by atoms with Gasteiger partial charge in [-0.1, -0.05) is 65.7 Å². The molecule has 2 heterocycles. The zero-order chi connectivity index (χ0) is 36.9. The van der Waals surface area contributed by atoms with E-state index < -0.39 is 65.0 Å². The van der Waals surface area contributed by atoms with Gasteiger partial charge in [0.25, 0.3) is 5.91 Å². The zero-order valence-corrected chi connectivity index (χ0v) is 30.4. The Morgan fingerprint density at radius 1 is 0.940 bits per heavy atom. The summed E-state index contributed by atoms with van der Waals surface area (Å²) in [5.41, 5.74) is 6.78. The maximum absolute atomic E-state index is 14.2. The van der Waals surface area contributed by atoms with Crippen LogP contribution in [0.3, 0.4) is 0 Å². The highest BCUT2D eigenvalue weighted by molar-refractivity contribution is 6.37. The second-order valence-corrected chi connectivity index (χ2v) is 15.4. The van der Waals surface area contributed by atoms with Gasteiger partial charge in [0, 0.05) is 44.3 Å². The standard InChI is InChI=1S/C37H55N7O6/c1-8-25-14-15-44(29(25)33(47)39-27(21-24-12-13-24)30(45)32(38)46)35(49)31(37(5,6)7)41-36(50)40-28(22(2)3)34(48)43-18-16-42(17-19-43)26-11-9-10-23(4)20-26/h8-11,20,22,24-25,27-29,31H,1,12-19,21H2,2-7H3,(H2,38,46)(H,39,47)(H2,40,41,50)/t25-,27?,28-,29-,31+/m0/s1. The minimum Gasteiger partial charge on any atom is -0.368 e. The van der Waals surface area contributed by atoms with Crippen molar-refractivity contribution in [2.24, 2.45) is 28.9 Å². The molecule has 2 saturated heterocycles. The minimum atomic E-state index is -1.12. The molecule has 0 radical (unpaired) electrons. The summed E-state index contributed by atoms with van der Waals surface area (Å²) in [4.78, 5) is 85.0. The fraction of sp³-hybridized carbons (Fsp3) is 0.622. The lowest BCUT2D eigenvalue weighted by Crippen LogP contribution is -2.62. The van der Waals surface area contributed by atoms with Crippen molar-refractivity contribution in [3.05, 3.63) is 42.5 Å². The molecule has 2 aliphatic heterocycles. The van der Waals surface area contributed by atoms with Gasteiger partial charge >= 0.3 is 6.03 Å². The lowest BCUT2D eigenvalue weighted by Gasteiger charge is -2.39. The fourth-order valence-electron chi connectivity index (χ4n) is 6.84. The van der Waals surface area contributed by atoms with Crippen LogP contribution in [0.2, 0.25) is 0 Å². The van der Waals surface area contributed by atoms with Gasteiger partial charge in [0.05, 0.1) is 6.04 Å². The lowest BCUT2D eigenvalue weighted by molar-refractivity contribution is -0.144. The molecule has 1 unspecified atom stereocenters. The van der Waals surface area contributed by atoms with Gasteiger partial charge in [0.15, 0.2) is 0 Å². The van der Waals surface area contributed by atoms with E-state index in [2.05, 4.69) is 39.6 Å². The Morgan fingerprint density at radius 3 is 2.14 bits per heavy atom. The highest BCUT2D eigenvalue weighted by Crippen LogP contribution is 2.34. The summed E-state index contributed by atoms with van der Waals surface area (Å²) in [5.74, 6) is -3.65. The number of nitrogens with two attached hydrogens (primary N) is 1. The number of anilines is 1. The van der Waals surface area contributed by atoms with Crippen LogP contribution in [0.5, 0.6) is 0 Å². The number of amides is 6. The predicted octanol–water partition coefficient (Wildman–Crippen LogP) is 2.12. The molecule has 50 heavy (non-hydrogen) atoms. The second kappa shape index (κ2) is 16.1. The summed E-state index contributed by atoms with van der Waals surface area (Å²) in [6, 6.07) is 3.63. The van der Waals surface area contributed by atoms with Gasteiger partial charge in [-0.25, -0.2) is 4.79 Å². The molecular formula is C37H55N7O6. The molecule has 6 amide bonds. The Labute approximate surface area is 295 Å². The number of ketones is 1. The van der Waals surface area contributed by atoms with Gasteiger partial charge < -0.3 is 36.4 Å². The number of urea groups is 1. The number of aryl methyl sites for hydroxylation is 1. The van der Waals surface area contributed by atoms with Gasteiger partial charge in [0.1, 0.15) is 18.1 Å². The summed E-state index contributed by atoms with van der Waals surface area (Å²) >= 11 is 0. The number of hydrogen-bond donors (Lipinski definition) is 4. The SMILES string of the molecule is C=C[C@H]1CCN(C(=O)[C@@H](NC(=O)N[C@H](C(=O)N2CCN(c3cccc(C)c3)CC2)C(C)C)C(C)(C)C)[C@@H]1C(=O)NC(CC1CC1)C(=O)C(N)=O. The van der Waals surface area contributed by atoms with Crippen molar-refractivity contribution in [2.75, 3.05) is 37.6 Å². The molecular weight excluding hydrogens is 638 g/mol. The van der Waals surface area contributed by atoms with E-state index in [0.29, 0.717) is 39.0 Å². The molecule has 13 nitrogen and oxygen atoms in total. The lowest BCUT2D eigenvalue weighted by atomic mass is 9.85. The molecule has 4 rings (SSSR count). The van der Waals surface area contributed by atoms with Crippen LogP contribution in [0.1, 0.15) is 65.9 Å². The molecule has 0 aromatic heterocycles. The van der Waals surface area contributed by atoms with Gasteiger partial charge in [-0.3, -0.25) is 24.0 Å². The van der Waals surface area contributed by atoms with Crippen molar-refractivity contribution in [2.45, 2.75) is 91.4 Å². The highest BCUT2D eigenvalue weighted by atomic mass is 16.2. The molecule has 3 fully saturated rings. The van der Waals surface area contributed by atoms with Crippen molar-refractivity contribution < 1.29 is 28.8 Å². The second-order valence-electron chi connectivity index (χ2n) is 15.4. The van der Waals surface area contributed by atoms with Crippen LogP contribution in [0.15, 0.2) is 36.9 Å². The number of primary amides is 1. The molecule has 1 aromatic carbocycles. The van der Waals surface area contributed by atoms with Crippen LogP contribution >= 0.6 is 0 Å². The van der Waals surface area contributed by atoms with Crippen molar-refractivity contribution in [1.29, 1.82) is 0 Å². The van der Waals surface area contributed by atoms with E-state index in [9.17, 15) is 28.8 Å². The van der Waals surface area contributed by atoms with Crippen molar-refractivity contribution in [1.82, 2.24) is 25.8 Å². The van der Waals surface area contributed by atoms with Gasteiger partial charge in [-0.2, -0.15) is 0 Å². The number of nitrogens with zero attached hydrogens (tertiary/aromatic N) is 3. The number of benzene rings is 1. The fourth-order valence-corrected chi connectivity index (χ4v) is 6.84. The summed E-state index contributed by atoms with van der Waals surface area (Å²) in [5, 5.41) is 8.35. The number of carbonyl (C=O) groups is 6. The molecule has 0 bridgehead atoms. The third-order valence-electron chi connectivity index (χ3n) is 10.0. The Bertz CT molecular complexity index is 1460. The Morgan fingerprint density at radius 2 is 1.60 bits per heavy atom. The monoisotopic (exact) mass is 693 g/mol. The molecule has 3 aliphatic rings. The first-order chi connectivity index (χ1) is 23.5. The van der Waals surface area contributed by atoms with Crippen molar-refractivity contribution in [3.63, 3.8) is 0 Å². The van der Waals surface area contributed by atoms with Crippen LogP contribution < -0.4 is 26.6 Å². The zero-order valence-electron chi connectivity index (χ0n) is 30.4. The summed E-state index contributed by atoms with van der Waals surface area (Å²) in [6.07, 6.45) is 4.16. The largest absolute Gasteiger partial charge is 0.368 e. The topological polar surface area (TPSA) is 174 Å². The summed E-state index contributed by atoms with van der Waals surface area (Å²) in [6.45, 7) is 17.6. The Hall–Kier alpha value is -4.42. The highest BCUT2D eigenvalue weighted by Gasteiger charge is 2.46. The Balaban J connectivity index is 1.44. The van der Waals surface area contributed by atoms with Crippen LogP contribution in [0, 0.1) is 30.1 Å². The normalized spacial score (nSPS) is 21.2. The van der Waals surface area contributed by atoms with E-state index in [4.69, 9.17) is 5.73 Å². The van der Waals surface area contributed by atoms with Crippen molar-refractivity contribution in [3.8, 4) is 0 Å². The van der Waals surface area contributed by atoms with Gasteiger partial charge in [-0.05, 0) is 54.7 Å². The minimum absolute atomic E-state index is 0.186. The number of Topliss-reactive ketones (excluding diaryl/α,β-unsaturated/α-hetero) is 1. The average Bonchev–Trinajstić information content (AvgIpc) is 3.78. The van der Waals surface area contributed by atoms with Crippen LogP contribution in [0.4, 0.5) is 10.5 Å². The van der Waals surface area contributed by atoms with E-state index in [0.717, 1.165) is 18.5 Å². The van der Waals surface area contributed by atoms with Crippen LogP contribution in [0.25, 0.3) is 0 Å². The van der Waals surface area contributed by atoms with Gasteiger partial charge in [-0.15, -0.1) is 6.58 Å². The maximum Gasteiger partial charge on any atom is 0.316 e. The number of likely N-dealkylation sites (tertiary alicyclic amines) is 1. The number of hydrogen-bond acceptors (Lipinski definition) is 7. The Kier molecular flexibility index (Phi) is 12.3. The summed E-state index contributed by atoms with van der Waals surface area (Å²) < 4.78 is 0. The predicted molar refractivity (Wildman–Crippen MR) is 191 cm³/mol. The van der Waals surface area contributed by atoms with E-state index in [1.54, 1.807) is 11.0 Å². The van der Waals surface area contributed by atoms with E-state index in [-0.39, 0.29) is 24.3 Å². The maximum atomic E-state index is 14.2. The third kappa shape index (κ3) is 9.42. The average molecular weight is 694 g/mol. The molecule has 274 valence electrons. The molecule has 5 N–H and O–H groups in total. The first-order valence-corrected chi connectivity index (χ1v) is 17.8. The van der Waals surface area contributed by atoms with Crippen LogP contribution in [-0.2, 0) is 24.0 Å². The molecule has 0 spiro atoms. The van der Waals surface area contributed by atoms with Crippen molar-refractivity contribution >= 4 is 41.1 Å². The first kappa shape index (κ1) is 38.4. The molecule has 1 aromatic rings. The van der Waals surface area contributed by atoms with E-state index in [1.165, 1.54) is 10.5 Å². The number of nitrogens with one attached hydrogen (secondary N) is 3. The molecule has 1 saturated carbocycles. The molecule has 1 aliphatic carbocycles. The quantitative estimate of drug-likeness (QED) is 0.181. The smallest absolute Gasteiger partial charge is 0.316 e. The van der Waals surface area contributed by atoms with E-state index in [1.807, 2.05) is 53.7 Å². The van der Waals surface area contributed by atoms with Crippen LogP contribution in [-0.4, -0.2) is 102 Å². The first-order valence-electron chi connectivity index (χ1n) is 17.8.